The molecule has 1 aromatic heterocycles. The van der Waals surface area contributed by atoms with E-state index in [1.807, 2.05) is 43.3 Å². The molecule has 1 aliphatic rings. The van der Waals surface area contributed by atoms with Gasteiger partial charge in [0.25, 0.3) is 0 Å². The first-order valence-electron chi connectivity index (χ1n) is 17.6. The van der Waals surface area contributed by atoms with Crippen molar-refractivity contribution < 1.29 is 39.4 Å². The summed E-state index contributed by atoms with van der Waals surface area (Å²) in [6.45, 7) is 4.89. The van der Waals surface area contributed by atoms with Crippen molar-refractivity contribution in [2.75, 3.05) is 19.7 Å². The molecule has 286 valence electrons. The molecule has 4 aromatic rings. The number of aromatic nitrogens is 1. The van der Waals surface area contributed by atoms with Gasteiger partial charge >= 0.3 is 5.97 Å². The Kier molecular flexibility index (Phi) is 14.1. The van der Waals surface area contributed by atoms with Crippen LogP contribution in [0.4, 0.5) is 0 Å². The number of aryl methyl sites for hydroxylation is 1. The molecular weight excluding hydrogens is 735 g/mol. The first kappa shape index (κ1) is 40.7. The Hall–Kier alpha value is -4.45. The average Bonchev–Trinajstić information content (AvgIpc) is 3.16. The molecule has 1 aliphatic heterocycles. The Morgan fingerprint density at radius 3 is 2.59 bits per heavy atom. The smallest absolute Gasteiger partial charge is 0.336 e. The van der Waals surface area contributed by atoms with Crippen LogP contribution in [0.15, 0.2) is 67.0 Å². The molecule has 1 fully saturated rings. The van der Waals surface area contributed by atoms with E-state index < -0.39 is 29.8 Å². The second kappa shape index (κ2) is 18.7. The third kappa shape index (κ3) is 9.99. The highest BCUT2D eigenvalue weighted by atomic mass is 35.5. The van der Waals surface area contributed by atoms with Gasteiger partial charge in [0.2, 0.25) is 0 Å². The molecule has 54 heavy (non-hydrogen) atoms. The van der Waals surface area contributed by atoms with Gasteiger partial charge in [0.15, 0.2) is 11.9 Å². The van der Waals surface area contributed by atoms with Crippen LogP contribution in [-0.2, 0) is 24.6 Å². The third-order valence-corrected chi connectivity index (χ3v) is 10.3. The van der Waals surface area contributed by atoms with Crippen molar-refractivity contribution in [3.05, 3.63) is 105 Å². The van der Waals surface area contributed by atoms with Crippen LogP contribution in [-0.4, -0.2) is 69.0 Å². The average molecular weight is 780 g/mol. The van der Waals surface area contributed by atoms with E-state index in [2.05, 4.69) is 21.7 Å². The zero-order chi connectivity index (χ0) is 38.8. The molecule has 14 heteroatoms. The molecule has 3 unspecified atom stereocenters. The van der Waals surface area contributed by atoms with Crippen LogP contribution < -0.4 is 24.8 Å². The highest BCUT2D eigenvalue weighted by Crippen LogP contribution is 2.41. The summed E-state index contributed by atoms with van der Waals surface area (Å²) >= 11 is 14.0. The SMILES string of the molecule is Cc1ccccc1-c1ccc(COc2cc(OCc3cncc(C#N)c3)cc(CNC(C)C(O)O)c2Cl)c(OCCCC2CNCCC2(O)C(=O)O)c1Cl. The molecule has 6 N–H and O–H groups in total. The normalized spacial score (nSPS) is 17.5. The van der Waals surface area contributed by atoms with Crippen LogP contribution in [0.25, 0.3) is 11.1 Å². The third-order valence-electron chi connectivity index (χ3n) is 9.54. The van der Waals surface area contributed by atoms with E-state index in [0.29, 0.717) is 64.7 Å². The minimum atomic E-state index is -1.80. The highest BCUT2D eigenvalue weighted by molar-refractivity contribution is 6.35. The molecule has 12 nitrogen and oxygen atoms in total. The van der Waals surface area contributed by atoms with Gasteiger partial charge < -0.3 is 45.3 Å². The Balaban J connectivity index is 1.40. The van der Waals surface area contributed by atoms with E-state index in [0.717, 1.165) is 16.7 Å². The second-order valence-corrected chi connectivity index (χ2v) is 14.1. The number of halogens is 2. The number of piperidine rings is 1. The summed E-state index contributed by atoms with van der Waals surface area (Å²) in [6.07, 6.45) is 2.47. The summed E-state index contributed by atoms with van der Waals surface area (Å²) in [7, 11) is 0. The number of nitriles is 1. The number of carbonyl (C=O) groups is 1. The Morgan fingerprint density at radius 2 is 1.85 bits per heavy atom. The van der Waals surface area contributed by atoms with E-state index in [1.165, 1.54) is 6.20 Å². The summed E-state index contributed by atoms with van der Waals surface area (Å²) in [5, 5.41) is 55.9. The molecule has 0 radical (unpaired) electrons. The van der Waals surface area contributed by atoms with Crippen molar-refractivity contribution >= 4 is 29.2 Å². The number of nitrogens with one attached hydrogen (secondary N) is 2. The van der Waals surface area contributed by atoms with Gasteiger partial charge in [-0.3, -0.25) is 4.98 Å². The number of aliphatic hydroxyl groups is 3. The Morgan fingerprint density at radius 1 is 1.06 bits per heavy atom. The summed E-state index contributed by atoms with van der Waals surface area (Å²) in [5.41, 5.74) is 3.20. The van der Waals surface area contributed by atoms with Crippen molar-refractivity contribution in [1.29, 1.82) is 5.26 Å². The predicted octanol–water partition coefficient (Wildman–Crippen LogP) is 5.77. The van der Waals surface area contributed by atoms with Crippen LogP contribution in [0.1, 0.15) is 54.0 Å². The number of nitrogens with zero attached hydrogens (tertiary/aromatic N) is 2. The van der Waals surface area contributed by atoms with Gasteiger partial charge in [-0.25, -0.2) is 4.79 Å². The first-order valence-corrected chi connectivity index (χ1v) is 18.3. The maximum atomic E-state index is 11.9. The predicted molar refractivity (Wildman–Crippen MR) is 204 cm³/mol. The molecule has 0 amide bonds. The fourth-order valence-electron chi connectivity index (χ4n) is 6.27. The van der Waals surface area contributed by atoms with Gasteiger partial charge in [-0.05, 0) is 68.5 Å². The molecular formula is C40H44Cl2N4O8. The maximum Gasteiger partial charge on any atom is 0.336 e. The van der Waals surface area contributed by atoms with Crippen LogP contribution in [0.2, 0.25) is 10.0 Å². The first-order chi connectivity index (χ1) is 25.9. The number of carboxylic acid groups (broad SMARTS) is 1. The fourth-order valence-corrected chi connectivity index (χ4v) is 6.85. The molecule has 2 heterocycles. The van der Waals surface area contributed by atoms with E-state index in [-0.39, 0.29) is 43.6 Å². The quantitative estimate of drug-likeness (QED) is 0.0563. The van der Waals surface area contributed by atoms with Crippen LogP contribution in [0.5, 0.6) is 17.2 Å². The molecule has 3 atom stereocenters. The molecule has 1 saturated heterocycles. The second-order valence-electron chi connectivity index (χ2n) is 13.4. The van der Waals surface area contributed by atoms with Gasteiger partial charge in [0.05, 0.1) is 28.3 Å². The number of pyridine rings is 1. The number of benzene rings is 3. The molecule has 0 spiro atoms. The van der Waals surface area contributed by atoms with Gasteiger partial charge in [-0.15, -0.1) is 0 Å². The Bertz CT molecular complexity index is 1970. The number of aliphatic hydroxyl groups excluding tert-OH is 1. The monoisotopic (exact) mass is 778 g/mol. The topological polar surface area (TPSA) is 186 Å². The van der Waals surface area contributed by atoms with Gasteiger partial charge in [-0.2, -0.15) is 5.26 Å². The number of hydrogen-bond acceptors (Lipinski definition) is 11. The largest absolute Gasteiger partial charge is 0.492 e. The maximum absolute atomic E-state index is 11.9. The number of ether oxygens (including phenoxy) is 3. The lowest BCUT2D eigenvalue weighted by molar-refractivity contribution is -0.168. The molecule has 5 rings (SSSR count). The zero-order valence-electron chi connectivity index (χ0n) is 30.0. The van der Waals surface area contributed by atoms with Crippen molar-refractivity contribution in [3.8, 4) is 34.4 Å². The van der Waals surface area contributed by atoms with Crippen LogP contribution in [0, 0.1) is 24.2 Å². The van der Waals surface area contributed by atoms with Crippen molar-refractivity contribution in [1.82, 2.24) is 15.6 Å². The number of rotatable bonds is 17. The molecule has 0 saturated carbocycles. The summed E-state index contributed by atoms with van der Waals surface area (Å²) in [6, 6.07) is 18.1. The van der Waals surface area contributed by atoms with E-state index in [4.69, 9.17) is 37.4 Å². The van der Waals surface area contributed by atoms with Crippen LogP contribution >= 0.6 is 23.2 Å². The van der Waals surface area contributed by atoms with E-state index in [9.17, 15) is 30.5 Å². The lowest BCUT2D eigenvalue weighted by Gasteiger charge is -2.37. The van der Waals surface area contributed by atoms with Crippen LogP contribution in [0.3, 0.4) is 0 Å². The van der Waals surface area contributed by atoms with Crippen molar-refractivity contribution in [2.45, 2.75) is 70.8 Å². The highest BCUT2D eigenvalue weighted by Gasteiger charge is 2.45. The van der Waals surface area contributed by atoms with Gasteiger partial charge in [0.1, 0.15) is 36.5 Å². The molecule has 0 bridgehead atoms. The lowest BCUT2D eigenvalue weighted by Crippen LogP contribution is -2.55. The fraction of sp³-hybridized carbons (Fsp3) is 0.375. The molecule has 3 aromatic carbocycles. The number of carboxylic acids is 1. The number of aliphatic carboxylic acids is 1. The van der Waals surface area contributed by atoms with Crippen molar-refractivity contribution in [3.63, 3.8) is 0 Å². The minimum Gasteiger partial charge on any atom is -0.492 e. The number of hydrogen-bond donors (Lipinski definition) is 6. The van der Waals surface area contributed by atoms with Gasteiger partial charge in [-0.1, -0.05) is 59.6 Å². The lowest BCUT2D eigenvalue weighted by atomic mass is 9.79. The van der Waals surface area contributed by atoms with Gasteiger partial charge in [0, 0.05) is 54.2 Å². The summed E-state index contributed by atoms with van der Waals surface area (Å²) in [5.74, 6) is -0.613. The van der Waals surface area contributed by atoms with E-state index in [1.54, 1.807) is 31.3 Å². The standard InChI is InChI=1S/C40H44Cl2N4O8/c1-24-6-3-4-8-32(24)33-10-9-28(37(36(33)42)52-13-5-7-30-21-44-12-11-40(30,51)39(49)50)23-54-34-16-31(53-22-27-14-26(17-43)18-45-19-27)15-29(35(34)41)20-46-25(2)38(47)48/h3-4,6,8-10,14-16,18-19,25,30,38,44,46-48,51H,5,7,11-13,20-23H2,1-2H3,(H,49,50). The molecule has 0 aliphatic carbocycles. The Labute approximate surface area is 324 Å². The zero-order valence-corrected chi connectivity index (χ0v) is 31.5. The van der Waals surface area contributed by atoms with E-state index >= 15 is 0 Å². The summed E-state index contributed by atoms with van der Waals surface area (Å²) < 4.78 is 18.8. The van der Waals surface area contributed by atoms with Crippen molar-refractivity contribution in [2.24, 2.45) is 5.92 Å². The summed E-state index contributed by atoms with van der Waals surface area (Å²) in [4.78, 5) is 16.0. The minimum absolute atomic E-state index is 0.00957.